The number of thiazole rings is 1. The van der Waals surface area contributed by atoms with Crippen LogP contribution in [0.5, 0.6) is 0 Å². The molecule has 1 aliphatic rings. The minimum atomic E-state index is -0.929. The molecular formula is C22H20N2O3S3. The lowest BCUT2D eigenvalue weighted by Crippen LogP contribution is -2.30. The summed E-state index contributed by atoms with van der Waals surface area (Å²) >= 11 is 5.16. The second kappa shape index (κ2) is 9.68. The third-order valence-corrected chi connectivity index (χ3v) is 8.36. The number of hydrogen-bond donors (Lipinski definition) is 1. The van der Waals surface area contributed by atoms with Crippen LogP contribution in [0.1, 0.15) is 27.4 Å². The molecule has 0 bridgehead atoms. The second-order valence-electron chi connectivity index (χ2n) is 6.64. The van der Waals surface area contributed by atoms with E-state index in [1.165, 1.54) is 16.9 Å². The lowest BCUT2D eigenvalue weighted by atomic mass is 10.1. The van der Waals surface area contributed by atoms with Gasteiger partial charge >= 0.3 is 5.97 Å². The quantitative estimate of drug-likeness (QED) is 0.496. The normalized spacial score (nSPS) is 15.0. The van der Waals surface area contributed by atoms with E-state index in [2.05, 4.69) is 10.3 Å². The molecule has 4 rings (SSSR count). The van der Waals surface area contributed by atoms with Crippen molar-refractivity contribution in [3.8, 4) is 11.3 Å². The molecule has 0 spiro atoms. The molecule has 2 heterocycles. The lowest BCUT2D eigenvalue weighted by molar-refractivity contribution is -0.123. The number of rotatable bonds is 6. The molecule has 0 aliphatic carbocycles. The van der Waals surface area contributed by atoms with Crippen molar-refractivity contribution in [2.75, 3.05) is 16.8 Å². The maximum atomic E-state index is 12.4. The van der Waals surface area contributed by atoms with Gasteiger partial charge in [-0.3, -0.25) is 10.1 Å². The molecule has 1 unspecified atom stereocenters. The Hall–Kier alpha value is -2.29. The van der Waals surface area contributed by atoms with Crippen LogP contribution < -0.4 is 5.32 Å². The fraction of sp³-hybridized carbons (Fsp3) is 0.227. The van der Waals surface area contributed by atoms with Gasteiger partial charge in [0.1, 0.15) is 0 Å². The second-order valence-corrected chi connectivity index (χ2v) is 10.2. The van der Waals surface area contributed by atoms with E-state index in [0.29, 0.717) is 15.3 Å². The Balaban J connectivity index is 1.33. The minimum Gasteiger partial charge on any atom is -0.449 e. The minimum absolute atomic E-state index is 0.410. The van der Waals surface area contributed by atoms with Crippen LogP contribution in [-0.4, -0.2) is 34.5 Å². The number of amides is 1. The fourth-order valence-electron chi connectivity index (χ4n) is 2.89. The SMILES string of the molecule is CC(OC(=O)c1ccc(C2SCCS2)cc1)C(=O)Nc1nc(-c2ccccc2)cs1. The van der Waals surface area contributed by atoms with E-state index in [0.717, 1.165) is 22.8 Å². The van der Waals surface area contributed by atoms with Crippen LogP contribution in [0.4, 0.5) is 5.13 Å². The number of nitrogens with zero attached hydrogens (tertiary/aromatic N) is 1. The van der Waals surface area contributed by atoms with Gasteiger partial charge in [-0.05, 0) is 24.6 Å². The van der Waals surface area contributed by atoms with Crippen LogP contribution in [0.3, 0.4) is 0 Å². The number of esters is 1. The zero-order chi connectivity index (χ0) is 20.9. The van der Waals surface area contributed by atoms with Gasteiger partial charge in [0.15, 0.2) is 11.2 Å². The van der Waals surface area contributed by atoms with Gasteiger partial charge < -0.3 is 4.74 Å². The smallest absolute Gasteiger partial charge is 0.338 e. The number of carbonyl (C=O) groups excluding carboxylic acids is 2. The standard InChI is InChI=1S/C22H20N2O3S3/c1-14(19(25)24-22-23-18(13-30-22)15-5-3-2-4-6-15)27-20(26)16-7-9-17(10-8-16)21-28-11-12-29-21/h2-10,13-14,21H,11-12H2,1H3,(H,23,24,25). The number of ether oxygens (including phenoxy) is 1. The zero-order valence-electron chi connectivity index (χ0n) is 16.2. The van der Waals surface area contributed by atoms with E-state index in [4.69, 9.17) is 4.74 Å². The highest BCUT2D eigenvalue weighted by Gasteiger charge is 2.22. The van der Waals surface area contributed by atoms with Gasteiger partial charge in [0.05, 0.1) is 15.8 Å². The number of aromatic nitrogens is 1. The number of hydrogen-bond acceptors (Lipinski definition) is 7. The third kappa shape index (κ3) is 5.06. The van der Waals surface area contributed by atoms with E-state index < -0.39 is 18.0 Å². The van der Waals surface area contributed by atoms with Gasteiger partial charge in [-0.2, -0.15) is 0 Å². The summed E-state index contributed by atoms with van der Waals surface area (Å²) in [6.07, 6.45) is -0.929. The van der Waals surface area contributed by atoms with Gasteiger partial charge in [0, 0.05) is 22.4 Å². The topological polar surface area (TPSA) is 68.3 Å². The molecule has 5 nitrogen and oxygen atoms in total. The Morgan fingerprint density at radius 3 is 2.47 bits per heavy atom. The van der Waals surface area contributed by atoms with E-state index in [-0.39, 0.29) is 0 Å². The molecule has 8 heteroatoms. The number of anilines is 1. The van der Waals surface area contributed by atoms with Gasteiger partial charge in [-0.25, -0.2) is 9.78 Å². The Labute approximate surface area is 187 Å². The molecule has 3 aromatic rings. The van der Waals surface area contributed by atoms with Crippen molar-refractivity contribution in [2.45, 2.75) is 17.6 Å². The van der Waals surface area contributed by atoms with Crippen molar-refractivity contribution in [3.05, 3.63) is 71.1 Å². The van der Waals surface area contributed by atoms with E-state index in [9.17, 15) is 9.59 Å². The fourth-order valence-corrected chi connectivity index (χ4v) is 6.47. The average molecular weight is 457 g/mol. The lowest BCUT2D eigenvalue weighted by Gasteiger charge is -2.13. The monoisotopic (exact) mass is 456 g/mol. The Kier molecular flexibility index (Phi) is 6.76. The van der Waals surface area contributed by atoms with Crippen molar-refractivity contribution >= 4 is 51.9 Å². The first-order valence-electron chi connectivity index (χ1n) is 9.46. The van der Waals surface area contributed by atoms with Crippen LogP contribution in [0.25, 0.3) is 11.3 Å². The number of carbonyl (C=O) groups is 2. The molecule has 1 saturated heterocycles. The molecule has 1 atom stereocenters. The first kappa shape index (κ1) is 21.0. The van der Waals surface area contributed by atoms with Gasteiger partial charge in [-0.15, -0.1) is 34.9 Å². The van der Waals surface area contributed by atoms with Gasteiger partial charge in [-0.1, -0.05) is 42.5 Å². The molecule has 1 N–H and O–H groups in total. The predicted molar refractivity (Wildman–Crippen MR) is 125 cm³/mol. The van der Waals surface area contributed by atoms with E-state index >= 15 is 0 Å². The largest absolute Gasteiger partial charge is 0.449 e. The molecule has 154 valence electrons. The van der Waals surface area contributed by atoms with E-state index in [1.807, 2.05) is 71.4 Å². The first-order valence-corrected chi connectivity index (χ1v) is 12.4. The molecule has 1 aromatic heterocycles. The van der Waals surface area contributed by atoms with Crippen LogP contribution in [0.15, 0.2) is 60.0 Å². The van der Waals surface area contributed by atoms with E-state index in [1.54, 1.807) is 19.1 Å². The third-order valence-electron chi connectivity index (χ3n) is 4.50. The Morgan fingerprint density at radius 1 is 1.07 bits per heavy atom. The summed E-state index contributed by atoms with van der Waals surface area (Å²) in [6.45, 7) is 1.55. The van der Waals surface area contributed by atoms with Gasteiger partial charge in [0.2, 0.25) is 0 Å². The Bertz CT molecular complexity index is 1020. The van der Waals surface area contributed by atoms with Crippen LogP contribution in [-0.2, 0) is 9.53 Å². The predicted octanol–water partition coefficient (Wildman–Crippen LogP) is 5.47. The van der Waals surface area contributed by atoms with Crippen LogP contribution in [0.2, 0.25) is 0 Å². The highest BCUT2D eigenvalue weighted by atomic mass is 32.2. The molecule has 1 fully saturated rings. The van der Waals surface area contributed by atoms with Crippen molar-refractivity contribution in [1.82, 2.24) is 4.98 Å². The number of thioether (sulfide) groups is 2. The molecule has 30 heavy (non-hydrogen) atoms. The van der Waals surface area contributed by atoms with Crippen molar-refractivity contribution < 1.29 is 14.3 Å². The summed E-state index contributed by atoms with van der Waals surface area (Å²) in [4.78, 5) is 29.3. The molecular weight excluding hydrogens is 436 g/mol. The summed E-state index contributed by atoms with van der Waals surface area (Å²) < 4.78 is 5.77. The molecule has 1 aliphatic heterocycles. The zero-order valence-corrected chi connectivity index (χ0v) is 18.7. The van der Waals surface area contributed by atoms with Crippen molar-refractivity contribution in [3.63, 3.8) is 0 Å². The van der Waals surface area contributed by atoms with Crippen molar-refractivity contribution in [2.24, 2.45) is 0 Å². The van der Waals surface area contributed by atoms with Crippen LogP contribution in [0, 0.1) is 0 Å². The molecule has 1 amide bonds. The molecule has 2 aromatic carbocycles. The summed E-state index contributed by atoms with van der Waals surface area (Å²) in [5.41, 5.74) is 3.40. The summed E-state index contributed by atoms with van der Waals surface area (Å²) in [5.74, 6) is 1.38. The average Bonchev–Trinajstić information content (AvgIpc) is 3.47. The highest BCUT2D eigenvalue weighted by molar-refractivity contribution is 8.19. The maximum Gasteiger partial charge on any atom is 0.338 e. The highest BCUT2D eigenvalue weighted by Crippen LogP contribution is 2.45. The van der Waals surface area contributed by atoms with Gasteiger partial charge in [0.25, 0.3) is 5.91 Å². The van der Waals surface area contributed by atoms with Crippen molar-refractivity contribution in [1.29, 1.82) is 0 Å². The van der Waals surface area contributed by atoms with Crippen LogP contribution >= 0.6 is 34.9 Å². The summed E-state index contributed by atoms with van der Waals surface area (Å²) in [5, 5.41) is 5.07. The first-order chi connectivity index (χ1) is 14.6. The summed E-state index contributed by atoms with van der Waals surface area (Å²) in [6, 6.07) is 17.2. The Morgan fingerprint density at radius 2 is 1.77 bits per heavy atom. The maximum absolute atomic E-state index is 12.4. The molecule has 0 radical (unpaired) electrons. The number of benzene rings is 2. The number of nitrogens with one attached hydrogen (secondary N) is 1. The molecule has 0 saturated carbocycles. The summed E-state index contributed by atoms with van der Waals surface area (Å²) in [7, 11) is 0.